The number of aryl methyl sites for hydroxylation is 1. The fraction of sp³-hybridized carbons (Fsp3) is 0.300. The number of amides is 1. The van der Waals surface area contributed by atoms with Gasteiger partial charge in [-0.15, -0.1) is 0 Å². The third kappa shape index (κ3) is 2.90. The Kier molecular flexibility index (Phi) is 4.28. The van der Waals surface area contributed by atoms with Gasteiger partial charge < -0.3 is 14.0 Å². The minimum atomic E-state index is -0.277. The van der Waals surface area contributed by atoms with Crippen LogP contribution in [-0.4, -0.2) is 17.3 Å². The van der Waals surface area contributed by atoms with Crippen LogP contribution in [0.4, 0.5) is 0 Å². The molecule has 0 spiro atoms. The normalized spacial score (nSPS) is 13.8. The Morgan fingerprint density at radius 1 is 1.19 bits per heavy atom. The van der Waals surface area contributed by atoms with Gasteiger partial charge in [0, 0.05) is 12.1 Å². The number of fused-ring (bicyclic) bond motifs is 2. The van der Waals surface area contributed by atoms with E-state index >= 15 is 0 Å². The summed E-state index contributed by atoms with van der Waals surface area (Å²) in [5, 5.41) is 0. The number of nitrogens with zero attached hydrogens (tertiary/aromatic N) is 2. The lowest BCUT2D eigenvalue weighted by molar-refractivity contribution is 0.0997. The molecule has 0 atom stereocenters. The lowest BCUT2D eigenvalue weighted by Crippen LogP contribution is -2.15. The van der Waals surface area contributed by atoms with Gasteiger partial charge in [-0.2, -0.15) is 4.99 Å². The minimum absolute atomic E-state index is 0.189. The zero-order chi connectivity index (χ0) is 18.3. The Hall–Kier alpha value is -2.60. The van der Waals surface area contributed by atoms with E-state index in [-0.39, 0.29) is 12.7 Å². The second-order valence-corrected chi connectivity index (χ2v) is 7.50. The molecule has 3 aromatic rings. The van der Waals surface area contributed by atoms with Gasteiger partial charge in [0.15, 0.2) is 16.3 Å². The Bertz CT molecular complexity index is 1060. The van der Waals surface area contributed by atoms with Crippen molar-refractivity contribution in [2.45, 2.75) is 33.2 Å². The summed E-state index contributed by atoms with van der Waals surface area (Å²) >= 11 is 1.55. The highest BCUT2D eigenvalue weighted by molar-refractivity contribution is 7.16. The van der Waals surface area contributed by atoms with Crippen molar-refractivity contribution in [3.8, 4) is 11.5 Å². The summed E-state index contributed by atoms with van der Waals surface area (Å²) in [5.41, 5.74) is 2.90. The first-order valence-electron chi connectivity index (χ1n) is 8.69. The van der Waals surface area contributed by atoms with Crippen LogP contribution in [0.2, 0.25) is 0 Å². The first-order chi connectivity index (χ1) is 12.6. The minimum Gasteiger partial charge on any atom is -0.454 e. The van der Waals surface area contributed by atoms with Crippen molar-refractivity contribution in [1.82, 2.24) is 4.57 Å². The van der Waals surface area contributed by atoms with Gasteiger partial charge in [0.25, 0.3) is 5.91 Å². The molecule has 0 bridgehead atoms. The average Bonchev–Trinajstić information content (AvgIpc) is 3.23. The van der Waals surface area contributed by atoms with Gasteiger partial charge in [-0.1, -0.05) is 31.3 Å². The molecule has 1 amide bonds. The maximum Gasteiger partial charge on any atom is 0.279 e. The summed E-state index contributed by atoms with van der Waals surface area (Å²) < 4.78 is 13.9. The highest BCUT2D eigenvalue weighted by atomic mass is 32.1. The molecule has 0 N–H and O–H groups in total. The second kappa shape index (κ2) is 6.61. The fourth-order valence-corrected chi connectivity index (χ4v) is 4.16. The lowest BCUT2D eigenvalue weighted by atomic mass is 10.0. The molecule has 1 aliphatic rings. The topological polar surface area (TPSA) is 52.8 Å². The van der Waals surface area contributed by atoms with Crippen LogP contribution in [0.3, 0.4) is 0 Å². The quantitative estimate of drug-likeness (QED) is 0.692. The van der Waals surface area contributed by atoms with E-state index in [9.17, 15) is 4.79 Å². The Morgan fingerprint density at radius 3 is 2.77 bits per heavy atom. The molecule has 0 aliphatic carbocycles. The predicted octanol–water partition coefficient (Wildman–Crippen LogP) is 4.32. The number of ether oxygens (including phenoxy) is 2. The van der Waals surface area contributed by atoms with Crippen LogP contribution in [0.25, 0.3) is 10.2 Å². The summed E-state index contributed by atoms with van der Waals surface area (Å²) in [5.74, 6) is 1.44. The fourth-order valence-electron chi connectivity index (χ4n) is 3.02. The van der Waals surface area contributed by atoms with Crippen LogP contribution in [-0.2, 0) is 6.54 Å². The number of aromatic nitrogens is 1. The van der Waals surface area contributed by atoms with Crippen LogP contribution in [0.5, 0.6) is 11.5 Å². The van der Waals surface area contributed by atoms with Crippen molar-refractivity contribution in [3.05, 3.63) is 52.3 Å². The van der Waals surface area contributed by atoms with Gasteiger partial charge in [-0.3, -0.25) is 4.79 Å². The highest BCUT2D eigenvalue weighted by Gasteiger charge is 2.16. The molecule has 2 heterocycles. The highest BCUT2D eigenvalue weighted by Crippen LogP contribution is 2.32. The molecule has 0 fully saturated rings. The van der Waals surface area contributed by atoms with Crippen LogP contribution in [0.1, 0.15) is 42.6 Å². The number of rotatable bonds is 3. The molecule has 4 rings (SSSR count). The molecule has 6 heteroatoms. The molecule has 0 saturated carbocycles. The number of benzene rings is 2. The Balaban J connectivity index is 1.78. The van der Waals surface area contributed by atoms with E-state index in [1.165, 1.54) is 5.56 Å². The van der Waals surface area contributed by atoms with Crippen molar-refractivity contribution in [2.75, 3.05) is 6.79 Å². The molecule has 0 radical (unpaired) electrons. The van der Waals surface area contributed by atoms with Gasteiger partial charge >= 0.3 is 0 Å². The van der Waals surface area contributed by atoms with Gasteiger partial charge in [0.1, 0.15) is 0 Å². The van der Waals surface area contributed by atoms with Crippen LogP contribution in [0, 0.1) is 0 Å². The third-order valence-electron chi connectivity index (χ3n) is 4.51. The largest absolute Gasteiger partial charge is 0.454 e. The molecule has 26 heavy (non-hydrogen) atoms. The Morgan fingerprint density at radius 2 is 2.00 bits per heavy atom. The van der Waals surface area contributed by atoms with E-state index in [4.69, 9.17) is 9.47 Å². The number of thiazole rings is 1. The smallest absolute Gasteiger partial charge is 0.279 e. The van der Waals surface area contributed by atoms with E-state index in [0.717, 1.165) is 16.8 Å². The maximum absolute atomic E-state index is 12.7. The summed E-state index contributed by atoms with van der Waals surface area (Å²) in [4.78, 5) is 17.8. The van der Waals surface area contributed by atoms with E-state index in [1.807, 2.05) is 0 Å². The molecule has 5 nitrogen and oxygen atoms in total. The monoisotopic (exact) mass is 368 g/mol. The first kappa shape index (κ1) is 16.8. The summed E-state index contributed by atoms with van der Waals surface area (Å²) in [6.45, 7) is 7.36. The zero-order valence-corrected chi connectivity index (χ0v) is 15.8. The van der Waals surface area contributed by atoms with E-state index in [2.05, 4.69) is 48.5 Å². The summed E-state index contributed by atoms with van der Waals surface area (Å²) in [6, 6.07) is 11.6. The molecule has 134 valence electrons. The molecular weight excluding hydrogens is 348 g/mol. The van der Waals surface area contributed by atoms with Gasteiger partial charge in [-0.05, 0) is 48.7 Å². The Labute approximate surface area is 155 Å². The number of hydrogen-bond acceptors (Lipinski definition) is 4. The average molecular weight is 368 g/mol. The van der Waals surface area contributed by atoms with E-state index in [1.54, 1.807) is 29.5 Å². The lowest BCUT2D eigenvalue weighted by Gasteiger charge is -2.05. The SMILES string of the molecule is CCn1c(=NC(=O)c2ccc3c(c2)OCO3)sc2cc(C(C)C)ccc21. The summed E-state index contributed by atoms with van der Waals surface area (Å²) in [6.07, 6.45) is 0. The van der Waals surface area contributed by atoms with Crippen molar-refractivity contribution in [2.24, 2.45) is 4.99 Å². The molecule has 2 aromatic carbocycles. The zero-order valence-electron chi connectivity index (χ0n) is 15.0. The van der Waals surface area contributed by atoms with Crippen molar-refractivity contribution < 1.29 is 14.3 Å². The van der Waals surface area contributed by atoms with Crippen LogP contribution < -0.4 is 14.3 Å². The van der Waals surface area contributed by atoms with Crippen LogP contribution in [0.15, 0.2) is 41.4 Å². The predicted molar refractivity (Wildman–Crippen MR) is 102 cm³/mol. The molecule has 0 saturated heterocycles. The summed E-state index contributed by atoms with van der Waals surface area (Å²) in [7, 11) is 0. The molecule has 1 aromatic heterocycles. The molecule has 0 unspecified atom stereocenters. The van der Waals surface area contributed by atoms with Gasteiger partial charge in [0.2, 0.25) is 6.79 Å². The molecule has 1 aliphatic heterocycles. The second-order valence-electron chi connectivity index (χ2n) is 6.50. The molecular formula is C20H20N2O3S. The van der Waals surface area contributed by atoms with Crippen molar-refractivity contribution in [1.29, 1.82) is 0 Å². The van der Waals surface area contributed by atoms with Gasteiger partial charge in [-0.25, -0.2) is 0 Å². The maximum atomic E-state index is 12.7. The van der Waals surface area contributed by atoms with Gasteiger partial charge in [0.05, 0.1) is 10.2 Å². The van der Waals surface area contributed by atoms with E-state index < -0.39 is 0 Å². The van der Waals surface area contributed by atoms with Crippen LogP contribution >= 0.6 is 11.3 Å². The number of carbonyl (C=O) groups excluding carboxylic acids is 1. The number of hydrogen-bond donors (Lipinski definition) is 0. The van der Waals surface area contributed by atoms with E-state index in [0.29, 0.717) is 27.8 Å². The van der Waals surface area contributed by atoms with Crippen molar-refractivity contribution in [3.63, 3.8) is 0 Å². The standard InChI is InChI=1S/C20H20N2O3S/c1-4-22-15-7-5-13(12(2)3)10-18(15)26-20(22)21-19(23)14-6-8-16-17(9-14)25-11-24-16/h5-10,12H,4,11H2,1-3H3. The number of carbonyl (C=O) groups is 1. The van der Waals surface area contributed by atoms with Crippen molar-refractivity contribution >= 4 is 27.5 Å². The first-order valence-corrected chi connectivity index (χ1v) is 9.50. The third-order valence-corrected chi connectivity index (χ3v) is 5.55.